The molecule has 0 aromatic carbocycles. The lowest BCUT2D eigenvalue weighted by molar-refractivity contribution is 0.419. The first-order valence-electron chi connectivity index (χ1n) is 3.44. The lowest BCUT2D eigenvalue weighted by Crippen LogP contribution is -2.01. The van der Waals surface area contributed by atoms with Crippen LogP contribution in [0.1, 0.15) is 32.1 Å². The predicted molar refractivity (Wildman–Crippen MR) is 34.4 cm³/mol. The van der Waals surface area contributed by atoms with Crippen LogP contribution < -0.4 is 0 Å². The maximum Gasteiger partial charge on any atom is -0.0143 e. The standard InChI is InChI=1S/C8H12/c1-2-8-6-4-3-5-7-8/h2,8H,3-7H2. The molecule has 1 fully saturated rings. The van der Waals surface area contributed by atoms with Crippen molar-refractivity contribution in [3.63, 3.8) is 0 Å². The summed E-state index contributed by atoms with van der Waals surface area (Å²) in [6.45, 7) is 6.97. The van der Waals surface area contributed by atoms with Crippen molar-refractivity contribution >= 4 is 0 Å². The first kappa shape index (κ1) is 5.87. The molecule has 8 heavy (non-hydrogen) atoms. The highest BCUT2D eigenvalue weighted by molar-refractivity contribution is 4.78. The van der Waals surface area contributed by atoms with Crippen LogP contribution in [-0.4, -0.2) is 0 Å². The van der Waals surface area contributed by atoms with Gasteiger partial charge in [0, 0.05) is 0 Å². The van der Waals surface area contributed by atoms with Gasteiger partial charge in [-0.2, -0.15) is 0 Å². The molecular weight excluding hydrogens is 96.1 g/mol. The molecule has 0 bridgehead atoms. The fraction of sp³-hybridized carbons (Fsp3) is 0.750. The summed E-state index contributed by atoms with van der Waals surface area (Å²) >= 11 is 0. The Kier molecular flexibility index (Phi) is 2.13. The second-order valence-corrected chi connectivity index (χ2v) is 2.56. The largest absolute Gasteiger partial charge is 0.0729 e. The van der Waals surface area contributed by atoms with E-state index in [0.717, 1.165) is 0 Å². The van der Waals surface area contributed by atoms with Crippen LogP contribution in [0, 0.1) is 12.5 Å². The maximum atomic E-state index is 6.97. The van der Waals surface area contributed by atoms with E-state index in [1.165, 1.54) is 32.1 Å². The fourth-order valence-corrected chi connectivity index (χ4v) is 1.30. The number of hydrogen-bond acceptors (Lipinski definition) is 0. The van der Waals surface area contributed by atoms with Gasteiger partial charge >= 0.3 is 0 Å². The average Bonchev–Trinajstić information content (AvgIpc) is 1.90. The Morgan fingerprint density at radius 3 is 2.12 bits per heavy atom. The highest BCUT2D eigenvalue weighted by atomic mass is 14.1. The van der Waals surface area contributed by atoms with Gasteiger partial charge in [-0.15, -0.1) is 0 Å². The van der Waals surface area contributed by atoms with Crippen molar-refractivity contribution in [1.82, 2.24) is 0 Å². The zero-order valence-electron chi connectivity index (χ0n) is 5.19. The summed E-state index contributed by atoms with van der Waals surface area (Å²) < 4.78 is 0. The maximum absolute atomic E-state index is 6.97. The monoisotopic (exact) mass is 108 g/mol. The predicted octanol–water partition coefficient (Wildman–Crippen LogP) is 2.43. The Hall–Kier alpha value is -0.260. The van der Waals surface area contributed by atoms with E-state index < -0.39 is 0 Å². The molecule has 0 unspecified atom stereocenters. The summed E-state index contributed by atoms with van der Waals surface area (Å²) in [6, 6.07) is 0. The smallest absolute Gasteiger partial charge is 0.0143 e. The van der Waals surface area contributed by atoms with Gasteiger partial charge < -0.3 is 0 Å². The normalized spacial score (nSPS) is 23.0. The van der Waals surface area contributed by atoms with Crippen LogP contribution in [0.15, 0.2) is 6.08 Å². The SMILES string of the molecule is [C]=CC1CCCCC1. The Morgan fingerprint density at radius 2 is 1.75 bits per heavy atom. The van der Waals surface area contributed by atoms with Crippen molar-refractivity contribution in [2.45, 2.75) is 32.1 Å². The van der Waals surface area contributed by atoms with Crippen molar-refractivity contribution < 1.29 is 0 Å². The van der Waals surface area contributed by atoms with Crippen LogP contribution >= 0.6 is 0 Å². The summed E-state index contributed by atoms with van der Waals surface area (Å²) in [7, 11) is 0. The quantitative estimate of drug-likeness (QED) is 0.484. The van der Waals surface area contributed by atoms with E-state index in [-0.39, 0.29) is 0 Å². The van der Waals surface area contributed by atoms with Gasteiger partial charge in [-0.05, 0) is 25.3 Å². The summed E-state index contributed by atoms with van der Waals surface area (Å²) in [4.78, 5) is 0. The van der Waals surface area contributed by atoms with E-state index in [2.05, 4.69) is 0 Å². The zero-order valence-corrected chi connectivity index (χ0v) is 5.19. The molecule has 1 saturated carbocycles. The molecule has 1 rings (SSSR count). The van der Waals surface area contributed by atoms with Crippen LogP contribution in [0.4, 0.5) is 0 Å². The van der Waals surface area contributed by atoms with Gasteiger partial charge in [0.2, 0.25) is 0 Å². The minimum Gasteiger partial charge on any atom is -0.0729 e. The Morgan fingerprint density at radius 1 is 1.12 bits per heavy atom. The molecule has 0 heteroatoms. The zero-order chi connectivity index (χ0) is 5.82. The molecular formula is C8H12. The van der Waals surface area contributed by atoms with Gasteiger partial charge in [-0.3, -0.25) is 0 Å². The summed E-state index contributed by atoms with van der Waals surface area (Å²) in [5, 5.41) is 0. The van der Waals surface area contributed by atoms with E-state index in [4.69, 9.17) is 6.58 Å². The highest BCUT2D eigenvalue weighted by Gasteiger charge is 2.08. The molecule has 0 heterocycles. The third-order valence-electron chi connectivity index (χ3n) is 1.89. The van der Waals surface area contributed by atoms with Crippen molar-refractivity contribution in [1.29, 1.82) is 0 Å². The minimum absolute atomic E-state index is 0.628. The molecule has 1 aliphatic rings. The fourth-order valence-electron chi connectivity index (χ4n) is 1.30. The molecule has 0 N–H and O–H groups in total. The molecule has 0 nitrogen and oxygen atoms in total. The first-order chi connectivity index (χ1) is 3.93. The molecule has 0 saturated heterocycles. The minimum atomic E-state index is 0.628. The second-order valence-electron chi connectivity index (χ2n) is 2.56. The van der Waals surface area contributed by atoms with Crippen LogP contribution in [-0.2, 0) is 0 Å². The number of allylic oxidation sites excluding steroid dienone is 1. The molecule has 0 spiro atoms. The van der Waals surface area contributed by atoms with Gasteiger partial charge in [0.15, 0.2) is 0 Å². The lowest BCUT2D eigenvalue weighted by Gasteiger charge is -2.16. The van der Waals surface area contributed by atoms with Crippen molar-refractivity contribution in [3.8, 4) is 0 Å². The molecule has 0 atom stereocenters. The van der Waals surface area contributed by atoms with Crippen molar-refractivity contribution in [3.05, 3.63) is 12.7 Å². The third kappa shape index (κ3) is 1.36. The van der Waals surface area contributed by atoms with Crippen molar-refractivity contribution in [2.24, 2.45) is 5.92 Å². The van der Waals surface area contributed by atoms with Gasteiger partial charge in [-0.25, -0.2) is 0 Å². The Balaban J connectivity index is 2.22. The molecule has 0 aromatic heterocycles. The van der Waals surface area contributed by atoms with Gasteiger partial charge in [0.05, 0.1) is 0 Å². The van der Waals surface area contributed by atoms with Gasteiger partial charge in [-0.1, -0.05) is 25.3 Å². The molecule has 1 aliphatic carbocycles. The molecule has 0 aromatic rings. The summed E-state index contributed by atoms with van der Waals surface area (Å²) in [5.41, 5.74) is 0. The lowest BCUT2D eigenvalue weighted by atomic mass is 9.90. The van der Waals surface area contributed by atoms with E-state index >= 15 is 0 Å². The van der Waals surface area contributed by atoms with E-state index in [1.807, 2.05) is 0 Å². The van der Waals surface area contributed by atoms with Crippen LogP contribution in [0.2, 0.25) is 0 Å². The molecule has 44 valence electrons. The van der Waals surface area contributed by atoms with E-state index in [1.54, 1.807) is 6.08 Å². The van der Waals surface area contributed by atoms with Crippen LogP contribution in [0.5, 0.6) is 0 Å². The first-order valence-corrected chi connectivity index (χ1v) is 3.44. The van der Waals surface area contributed by atoms with Crippen LogP contribution in [0.3, 0.4) is 0 Å². The van der Waals surface area contributed by atoms with E-state index in [9.17, 15) is 0 Å². The highest BCUT2D eigenvalue weighted by Crippen LogP contribution is 2.23. The molecule has 0 aliphatic heterocycles. The number of rotatable bonds is 1. The summed E-state index contributed by atoms with van der Waals surface area (Å²) in [5.74, 6) is 0.628. The van der Waals surface area contributed by atoms with Crippen LogP contribution in [0.25, 0.3) is 0 Å². The molecule has 0 amide bonds. The summed E-state index contributed by atoms with van der Waals surface area (Å²) in [6.07, 6.45) is 8.23. The Bertz CT molecular complexity index is 68.1. The van der Waals surface area contributed by atoms with Gasteiger partial charge in [0.1, 0.15) is 0 Å². The third-order valence-corrected chi connectivity index (χ3v) is 1.89. The Labute approximate surface area is 51.6 Å². The van der Waals surface area contributed by atoms with Gasteiger partial charge in [0.25, 0.3) is 0 Å². The van der Waals surface area contributed by atoms with Crippen molar-refractivity contribution in [2.75, 3.05) is 0 Å². The number of hydrogen-bond donors (Lipinski definition) is 0. The average molecular weight is 108 g/mol. The molecule has 2 radical (unpaired) electrons. The second kappa shape index (κ2) is 2.91. The topological polar surface area (TPSA) is 0 Å². The van der Waals surface area contributed by atoms with E-state index in [0.29, 0.717) is 5.92 Å².